The van der Waals surface area contributed by atoms with Crippen LogP contribution in [0, 0.1) is 0 Å². The third kappa shape index (κ3) is 2.92. The highest BCUT2D eigenvalue weighted by atomic mass is 32.3. The van der Waals surface area contributed by atoms with Gasteiger partial charge in [-0.05, 0) is 36.4 Å². The summed E-state index contributed by atoms with van der Waals surface area (Å²) in [4.78, 5) is 0.295. The molecule has 0 radical (unpaired) electrons. The van der Waals surface area contributed by atoms with Gasteiger partial charge in [0.15, 0.2) is 26.9 Å². The molecule has 4 rings (SSSR count). The van der Waals surface area contributed by atoms with Crippen LogP contribution in [0.5, 0.6) is 5.75 Å². The topological polar surface area (TPSA) is 83.3 Å². The van der Waals surface area contributed by atoms with Crippen molar-refractivity contribution in [1.82, 2.24) is 19.1 Å². The Hall–Kier alpha value is -2.55. The first-order chi connectivity index (χ1) is 12.6. The molecule has 8 heteroatoms. The third-order valence-corrected chi connectivity index (χ3v) is 6.31. The molecular weight excluding hydrogens is 352 g/mol. The van der Waals surface area contributed by atoms with Crippen LogP contribution in [0.15, 0.2) is 59.5 Å². The molecule has 1 aliphatic heterocycles. The van der Waals surface area contributed by atoms with Crippen LogP contribution in [0.2, 0.25) is 0 Å². The van der Waals surface area contributed by atoms with E-state index >= 15 is 0 Å². The van der Waals surface area contributed by atoms with E-state index in [0.717, 1.165) is 17.1 Å². The van der Waals surface area contributed by atoms with Crippen molar-refractivity contribution >= 4 is 10.4 Å². The van der Waals surface area contributed by atoms with Crippen molar-refractivity contribution in [3.8, 4) is 17.1 Å². The van der Waals surface area contributed by atoms with Gasteiger partial charge in [0.2, 0.25) is 0 Å². The summed E-state index contributed by atoms with van der Waals surface area (Å²) in [6, 6.07) is 16.0. The van der Waals surface area contributed by atoms with Crippen molar-refractivity contribution in [2.24, 2.45) is 0 Å². The second-order valence-corrected chi connectivity index (χ2v) is 7.91. The quantitative estimate of drug-likeness (QED) is 0.659. The fourth-order valence-electron chi connectivity index (χ4n) is 3.04. The molecule has 3 aromatic rings. The Morgan fingerprint density at radius 1 is 1.04 bits per heavy atom. The van der Waals surface area contributed by atoms with Gasteiger partial charge in [0.25, 0.3) is 0 Å². The normalized spacial score (nSPS) is 16.7. The lowest BCUT2D eigenvalue weighted by molar-refractivity contribution is 0.302. The first-order valence-corrected chi connectivity index (χ1v) is 9.65. The maximum atomic E-state index is 12.8. The van der Waals surface area contributed by atoms with Crippen molar-refractivity contribution in [2.75, 3.05) is 13.7 Å². The highest BCUT2D eigenvalue weighted by molar-refractivity contribution is 7.95. The van der Waals surface area contributed by atoms with Crippen LogP contribution in [0.4, 0.5) is 0 Å². The molecule has 0 saturated heterocycles. The van der Waals surface area contributed by atoms with Crippen LogP contribution >= 0.6 is 0 Å². The van der Waals surface area contributed by atoms with Gasteiger partial charge in [-0.25, -0.2) is 0 Å². The molecule has 134 valence electrons. The molecular formula is C18H18N4O3S. The summed E-state index contributed by atoms with van der Waals surface area (Å²) in [5.41, 5.74) is 0.920. The van der Waals surface area contributed by atoms with Crippen molar-refractivity contribution in [3.05, 3.63) is 60.4 Å². The standard InChI is InChI=1S/C18H18N4O3S/c1-25-15-9-7-14(8-10-15)18-20-19-17-13-21(11-12-22(17)18)26(23,24)16-5-3-2-4-6-16/h2-10H,11-13H2,1H3. The van der Waals surface area contributed by atoms with Gasteiger partial charge in [0.1, 0.15) is 12.3 Å². The molecule has 7 nitrogen and oxygen atoms in total. The van der Waals surface area contributed by atoms with Gasteiger partial charge in [-0.3, -0.25) is 0 Å². The Morgan fingerprint density at radius 3 is 2.46 bits per heavy atom. The molecule has 1 unspecified atom stereocenters. The minimum Gasteiger partial charge on any atom is -0.593 e. The number of sulfonamides is 1. The maximum absolute atomic E-state index is 12.8. The molecule has 0 aliphatic carbocycles. The fourth-order valence-corrected chi connectivity index (χ4v) is 4.44. The Morgan fingerprint density at radius 2 is 1.77 bits per heavy atom. The number of hydrogen-bond donors (Lipinski definition) is 0. The van der Waals surface area contributed by atoms with Crippen LogP contribution in [0.3, 0.4) is 0 Å². The van der Waals surface area contributed by atoms with Crippen molar-refractivity contribution in [2.45, 2.75) is 18.0 Å². The van der Waals surface area contributed by atoms with Crippen LogP contribution in [0.1, 0.15) is 5.82 Å². The van der Waals surface area contributed by atoms with Gasteiger partial charge < -0.3 is 13.9 Å². The summed E-state index contributed by atoms with van der Waals surface area (Å²) in [5, 5.41) is 8.47. The van der Waals surface area contributed by atoms with E-state index in [9.17, 15) is 8.76 Å². The van der Waals surface area contributed by atoms with Gasteiger partial charge in [0, 0.05) is 12.1 Å². The van der Waals surface area contributed by atoms with E-state index < -0.39 is 10.4 Å². The molecule has 0 fully saturated rings. The lowest BCUT2D eigenvalue weighted by atomic mass is 10.2. The fraction of sp³-hybridized carbons (Fsp3) is 0.222. The predicted octanol–water partition coefficient (Wildman–Crippen LogP) is 2.37. The summed E-state index contributed by atoms with van der Waals surface area (Å²) in [5.74, 6) is 2.15. The van der Waals surface area contributed by atoms with E-state index in [0.29, 0.717) is 23.8 Å². The lowest BCUT2D eigenvalue weighted by Gasteiger charge is -2.30. The molecule has 0 spiro atoms. The second kappa shape index (κ2) is 6.64. The van der Waals surface area contributed by atoms with Gasteiger partial charge in [0.05, 0.1) is 13.7 Å². The van der Waals surface area contributed by atoms with Gasteiger partial charge in [-0.2, -0.15) is 0 Å². The number of ether oxygens (including phenoxy) is 1. The van der Waals surface area contributed by atoms with Crippen LogP contribution in [-0.4, -0.2) is 37.3 Å². The molecule has 1 atom stereocenters. The monoisotopic (exact) mass is 370 g/mol. The van der Waals surface area contributed by atoms with E-state index in [1.165, 1.54) is 4.31 Å². The minimum absolute atomic E-state index is 0.209. The number of aromatic nitrogens is 3. The van der Waals surface area contributed by atoms with Gasteiger partial charge >= 0.3 is 0 Å². The number of fused-ring (bicyclic) bond motifs is 1. The Balaban J connectivity index is 1.61. The highest BCUT2D eigenvalue weighted by Gasteiger charge is 2.35. The molecule has 26 heavy (non-hydrogen) atoms. The molecule has 2 aromatic carbocycles. The van der Waals surface area contributed by atoms with E-state index in [1.807, 2.05) is 28.8 Å². The Kier molecular flexibility index (Phi) is 4.31. The molecule has 2 heterocycles. The van der Waals surface area contributed by atoms with Gasteiger partial charge in [-0.1, -0.05) is 22.4 Å². The van der Waals surface area contributed by atoms with Crippen molar-refractivity contribution in [1.29, 1.82) is 0 Å². The molecule has 0 N–H and O–H groups in total. The van der Waals surface area contributed by atoms with Crippen molar-refractivity contribution in [3.63, 3.8) is 0 Å². The number of rotatable bonds is 4. The minimum atomic E-state index is -3.53. The smallest absolute Gasteiger partial charge is 0.175 e. The summed E-state index contributed by atoms with van der Waals surface area (Å²) in [6.45, 7) is 1.10. The van der Waals surface area contributed by atoms with Crippen molar-refractivity contribution < 1.29 is 13.5 Å². The molecule has 1 aliphatic rings. The van der Waals surface area contributed by atoms with E-state index in [-0.39, 0.29) is 6.54 Å². The summed E-state index contributed by atoms with van der Waals surface area (Å²) >= 11 is 0. The maximum Gasteiger partial charge on any atom is 0.175 e. The summed E-state index contributed by atoms with van der Waals surface area (Å²) in [6.07, 6.45) is 0. The average Bonchev–Trinajstić information content (AvgIpc) is 3.12. The molecule has 0 bridgehead atoms. The number of hydrogen-bond acceptors (Lipinski definition) is 5. The van der Waals surface area contributed by atoms with Crippen LogP contribution < -0.4 is 4.74 Å². The van der Waals surface area contributed by atoms with E-state index in [1.54, 1.807) is 37.4 Å². The first kappa shape index (κ1) is 16.9. The zero-order valence-corrected chi connectivity index (χ0v) is 15.1. The van der Waals surface area contributed by atoms with E-state index in [2.05, 4.69) is 10.2 Å². The zero-order valence-electron chi connectivity index (χ0n) is 14.2. The Bertz CT molecular complexity index is 956. The van der Waals surface area contributed by atoms with Crippen LogP contribution in [0.25, 0.3) is 11.4 Å². The van der Waals surface area contributed by atoms with Gasteiger partial charge in [-0.15, -0.1) is 14.5 Å². The molecule has 1 aromatic heterocycles. The number of methoxy groups -OCH3 is 1. The summed E-state index contributed by atoms with van der Waals surface area (Å²) in [7, 11) is -1.91. The highest BCUT2D eigenvalue weighted by Crippen LogP contribution is 2.28. The first-order valence-electron chi connectivity index (χ1n) is 8.21. The zero-order chi connectivity index (χ0) is 18.1. The number of nitrogens with zero attached hydrogens (tertiary/aromatic N) is 4. The average molecular weight is 370 g/mol. The van der Waals surface area contributed by atoms with Crippen LogP contribution in [-0.2, 0) is 27.7 Å². The largest absolute Gasteiger partial charge is 0.593 e. The molecule has 0 saturated carbocycles. The third-order valence-electron chi connectivity index (χ3n) is 4.45. The lowest BCUT2D eigenvalue weighted by Crippen LogP contribution is -2.42. The Labute approximate surface area is 152 Å². The number of benzene rings is 2. The second-order valence-electron chi connectivity index (χ2n) is 5.97. The predicted molar refractivity (Wildman–Crippen MR) is 96.0 cm³/mol. The summed E-state index contributed by atoms with van der Waals surface area (Å²) < 4.78 is 34.2. The molecule has 0 amide bonds. The SMILES string of the molecule is COc1ccc(-c2nnc3n2CCN([S+](=O)([O-])c2ccccc2)C3)cc1. The van der Waals surface area contributed by atoms with E-state index in [4.69, 9.17) is 4.74 Å².